The molecule has 0 atom stereocenters. The number of halogens is 1. The third-order valence-corrected chi connectivity index (χ3v) is 4.44. The largest absolute Gasteiger partial charge is 0.496 e. The van der Waals surface area contributed by atoms with Gasteiger partial charge in [0.15, 0.2) is 0 Å². The van der Waals surface area contributed by atoms with Crippen molar-refractivity contribution in [1.82, 2.24) is 9.97 Å². The van der Waals surface area contributed by atoms with E-state index in [1.807, 2.05) is 30.5 Å². The Bertz CT molecular complexity index is 641. The molecule has 1 fully saturated rings. The van der Waals surface area contributed by atoms with Crippen LogP contribution in [0.1, 0.15) is 18.7 Å². The minimum atomic E-state index is 0.0136. The van der Waals surface area contributed by atoms with Crippen LogP contribution in [0, 0.1) is 0 Å². The van der Waals surface area contributed by atoms with Crippen LogP contribution in [0.25, 0.3) is 11.3 Å². The SMILES string of the molecule is COc1ccc(-c2ccnc(C3(CN)CC3)n2)cc1Br. The van der Waals surface area contributed by atoms with E-state index in [0.29, 0.717) is 6.54 Å². The Balaban J connectivity index is 1.98. The molecule has 0 radical (unpaired) electrons. The highest BCUT2D eigenvalue weighted by Crippen LogP contribution is 2.45. The van der Waals surface area contributed by atoms with E-state index in [-0.39, 0.29) is 5.41 Å². The second-order valence-corrected chi connectivity index (χ2v) is 5.95. The van der Waals surface area contributed by atoms with E-state index >= 15 is 0 Å². The van der Waals surface area contributed by atoms with Crippen molar-refractivity contribution in [3.63, 3.8) is 0 Å². The Morgan fingerprint density at radius 3 is 2.75 bits per heavy atom. The molecule has 4 nitrogen and oxygen atoms in total. The highest BCUT2D eigenvalue weighted by atomic mass is 79.9. The predicted molar refractivity (Wildman–Crippen MR) is 81.7 cm³/mol. The second kappa shape index (κ2) is 5.14. The minimum Gasteiger partial charge on any atom is -0.496 e. The average Bonchev–Trinajstić information content (AvgIpc) is 3.28. The van der Waals surface area contributed by atoms with Crippen LogP contribution in [0.4, 0.5) is 0 Å². The number of nitrogens with zero attached hydrogens (tertiary/aromatic N) is 2. The molecule has 1 aromatic carbocycles. The van der Waals surface area contributed by atoms with Gasteiger partial charge in [-0.05, 0) is 53.0 Å². The monoisotopic (exact) mass is 333 g/mol. The second-order valence-electron chi connectivity index (χ2n) is 5.10. The van der Waals surface area contributed by atoms with E-state index < -0.39 is 0 Å². The van der Waals surface area contributed by atoms with Gasteiger partial charge in [-0.15, -0.1) is 0 Å². The maximum atomic E-state index is 5.85. The van der Waals surface area contributed by atoms with Crippen LogP contribution >= 0.6 is 15.9 Å². The first-order chi connectivity index (χ1) is 9.68. The van der Waals surface area contributed by atoms with Gasteiger partial charge in [-0.25, -0.2) is 9.97 Å². The first-order valence-electron chi connectivity index (χ1n) is 6.56. The van der Waals surface area contributed by atoms with Crippen molar-refractivity contribution in [2.24, 2.45) is 5.73 Å². The van der Waals surface area contributed by atoms with Crippen LogP contribution < -0.4 is 10.5 Å². The Kier molecular flexibility index (Phi) is 3.48. The van der Waals surface area contributed by atoms with Gasteiger partial charge in [0, 0.05) is 23.7 Å². The summed E-state index contributed by atoms with van der Waals surface area (Å²) in [7, 11) is 1.65. The number of methoxy groups -OCH3 is 1. The first-order valence-corrected chi connectivity index (χ1v) is 7.35. The van der Waals surface area contributed by atoms with Crippen molar-refractivity contribution in [1.29, 1.82) is 0 Å². The fourth-order valence-corrected chi connectivity index (χ4v) is 2.81. The molecule has 5 heteroatoms. The molecule has 1 heterocycles. The molecule has 1 aliphatic rings. The lowest BCUT2D eigenvalue weighted by Crippen LogP contribution is -2.22. The third-order valence-electron chi connectivity index (χ3n) is 3.82. The molecule has 3 rings (SSSR count). The Hall–Kier alpha value is -1.46. The Morgan fingerprint density at radius 1 is 1.35 bits per heavy atom. The zero-order valence-electron chi connectivity index (χ0n) is 11.3. The summed E-state index contributed by atoms with van der Waals surface area (Å²) in [6, 6.07) is 7.85. The lowest BCUT2D eigenvalue weighted by molar-refractivity contribution is 0.412. The van der Waals surface area contributed by atoms with Crippen LogP contribution in [-0.4, -0.2) is 23.6 Å². The summed E-state index contributed by atoms with van der Waals surface area (Å²) in [5.41, 5.74) is 7.81. The van der Waals surface area contributed by atoms with Crippen molar-refractivity contribution >= 4 is 15.9 Å². The number of ether oxygens (including phenoxy) is 1. The fraction of sp³-hybridized carbons (Fsp3) is 0.333. The molecular formula is C15H16BrN3O. The van der Waals surface area contributed by atoms with E-state index in [4.69, 9.17) is 15.5 Å². The number of hydrogen-bond acceptors (Lipinski definition) is 4. The number of hydrogen-bond donors (Lipinski definition) is 1. The Labute approximate surface area is 126 Å². The lowest BCUT2D eigenvalue weighted by Gasteiger charge is -2.12. The standard InChI is InChI=1S/C15H16BrN3O/c1-20-13-3-2-10(8-11(13)16)12-4-7-18-14(19-12)15(9-17)5-6-15/h2-4,7-8H,5-6,9,17H2,1H3. The number of aromatic nitrogens is 2. The summed E-state index contributed by atoms with van der Waals surface area (Å²) in [4.78, 5) is 9.09. The molecule has 0 aliphatic heterocycles. The summed E-state index contributed by atoms with van der Waals surface area (Å²) < 4.78 is 6.16. The third kappa shape index (κ3) is 2.31. The average molecular weight is 334 g/mol. The molecule has 1 aromatic heterocycles. The molecule has 104 valence electrons. The van der Waals surface area contributed by atoms with Gasteiger partial charge >= 0.3 is 0 Å². The maximum Gasteiger partial charge on any atom is 0.136 e. The molecule has 20 heavy (non-hydrogen) atoms. The summed E-state index contributed by atoms with van der Waals surface area (Å²) in [6.45, 7) is 0.614. The van der Waals surface area contributed by atoms with Gasteiger partial charge < -0.3 is 10.5 Å². The maximum absolute atomic E-state index is 5.85. The van der Waals surface area contributed by atoms with Gasteiger partial charge in [0.25, 0.3) is 0 Å². The van der Waals surface area contributed by atoms with Gasteiger partial charge in [0.2, 0.25) is 0 Å². The van der Waals surface area contributed by atoms with Crippen molar-refractivity contribution in [2.45, 2.75) is 18.3 Å². The number of rotatable bonds is 4. The smallest absolute Gasteiger partial charge is 0.136 e. The van der Waals surface area contributed by atoms with E-state index in [0.717, 1.165) is 40.1 Å². The molecule has 1 saturated carbocycles. The molecule has 0 spiro atoms. The number of nitrogens with two attached hydrogens (primary N) is 1. The van der Waals surface area contributed by atoms with E-state index in [9.17, 15) is 0 Å². The molecule has 1 aliphatic carbocycles. The van der Waals surface area contributed by atoms with E-state index in [1.165, 1.54) is 0 Å². The van der Waals surface area contributed by atoms with Gasteiger partial charge in [-0.2, -0.15) is 0 Å². The van der Waals surface area contributed by atoms with Crippen LogP contribution in [-0.2, 0) is 5.41 Å². The van der Waals surface area contributed by atoms with Crippen LogP contribution in [0.15, 0.2) is 34.9 Å². The highest BCUT2D eigenvalue weighted by Gasteiger charge is 2.45. The molecule has 2 N–H and O–H groups in total. The molecule has 0 amide bonds. The van der Waals surface area contributed by atoms with Crippen molar-refractivity contribution in [3.05, 3.63) is 40.8 Å². The van der Waals surface area contributed by atoms with Gasteiger partial charge in [-0.3, -0.25) is 0 Å². The summed E-state index contributed by atoms with van der Waals surface area (Å²) >= 11 is 3.50. The quantitative estimate of drug-likeness (QED) is 0.934. The van der Waals surface area contributed by atoms with E-state index in [1.54, 1.807) is 7.11 Å². The van der Waals surface area contributed by atoms with Gasteiger partial charge in [-0.1, -0.05) is 0 Å². The molecule has 0 unspecified atom stereocenters. The van der Waals surface area contributed by atoms with Crippen molar-refractivity contribution in [3.8, 4) is 17.0 Å². The normalized spacial score (nSPS) is 15.9. The number of benzene rings is 1. The minimum absolute atomic E-state index is 0.0136. The van der Waals surface area contributed by atoms with Crippen LogP contribution in [0.5, 0.6) is 5.75 Å². The summed E-state index contributed by atoms with van der Waals surface area (Å²) in [6.07, 6.45) is 3.98. The lowest BCUT2D eigenvalue weighted by atomic mass is 10.1. The topological polar surface area (TPSA) is 61.0 Å². The van der Waals surface area contributed by atoms with Gasteiger partial charge in [0.05, 0.1) is 17.3 Å². The molecule has 2 aromatic rings. The zero-order valence-corrected chi connectivity index (χ0v) is 12.9. The molecular weight excluding hydrogens is 318 g/mol. The van der Waals surface area contributed by atoms with Crippen molar-refractivity contribution in [2.75, 3.05) is 13.7 Å². The van der Waals surface area contributed by atoms with Gasteiger partial charge in [0.1, 0.15) is 11.6 Å². The fourth-order valence-electron chi connectivity index (χ4n) is 2.27. The van der Waals surface area contributed by atoms with E-state index in [2.05, 4.69) is 20.9 Å². The Morgan fingerprint density at radius 2 is 2.15 bits per heavy atom. The predicted octanol–water partition coefficient (Wildman–Crippen LogP) is 2.91. The summed E-state index contributed by atoms with van der Waals surface area (Å²) in [5.74, 6) is 1.67. The highest BCUT2D eigenvalue weighted by molar-refractivity contribution is 9.10. The van der Waals surface area contributed by atoms with Crippen molar-refractivity contribution < 1.29 is 4.74 Å². The van der Waals surface area contributed by atoms with Crippen LogP contribution in [0.3, 0.4) is 0 Å². The molecule has 0 bridgehead atoms. The van der Waals surface area contributed by atoms with Crippen LogP contribution in [0.2, 0.25) is 0 Å². The summed E-state index contributed by atoms with van der Waals surface area (Å²) in [5, 5.41) is 0. The molecule has 0 saturated heterocycles. The first kappa shape index (κ1) is 13.5. The zero-order chi connectivity index (χ0) is 14.2.